The fourth-order valence-corrected chi connectivity index (χ4v) is 3.88. The van der Waals surface area contributed by atoms with Crippen LogP contribution in [0, 0.1) is 0 Å². The summed E-state index contributed by atoms with van der Waals surface area (Å²) in [6.45, 7) is 0. The molecule has 1 aliphatic rings. The summed E-state index contributed by atoms with van der Waals surface area (Å²) in [6.07, 6.45) is 3.05. The van der Waals surface area contributed by atoms with Crippen LogP contribution in [0.5, 0.6) is 0 Å². The second kappa shape index (κ2) is 3.84. The summed E-state index contributed by atoms with van der Waals surface area (Å²) in [5, 5.41) is 6.28. The molecule has 1 unspecified atom stereocenters. The van der Waals surface area contributed by atoms with Gasteiger partial charge in [0.2, 0.25) is 0 Å². The van der Waals surface area contributed by atoms with Crippen molar-refractivity contribution in [3.8, 4) is 0 Å². The average molecular weight is 229 g/mol. The minimum absolute atomic E-state index is 0.258. The predicted octanol–water partition coefficient (Wildman–Crippen LogP) is 0.502. The van der Waals surface area contributed by atoms with Gasteiger partial charge in [0.1, 0.15) is 5.82 Å². The van der Waals surface area contributed by atoms with Crippen molar-refractivity contribution >= 4 is 15.7 Å². The maximum Gasteiger partial charge on any atom is 0.153 e. The minimum atomic E-state index is -2.90. The molecule has 1 saturated heterocycles. The molecular formula is C9H15N3O2S. The van der Waals surface area contributed by atoms with Crippen LogP contribution in [0.3, 0.4) is 0 Å². The zero-order chi connectivity index (χ0) is 10.9. The smallest absolute Gasteiger partial charge is 0.153 e. The Morgan fingerprint density at radius 2 is 2.33 bits per heavy atom. The molecule has 1 aromatic rings. The highest BCUT2D eigenvalue weighted by atomic mass is 32.2. The SMILES string of the molecule is Nc1cc(CC2CCCCS2(=O)=O)[nH]n1. The molecule has 0 bridgehead atoms. The Morgan fingerprint density at radius 3 is 2.93 bits per heavy atom. The molecule has 1 fully saturated rings. The molecule has 1 atom stereocenters. The standard InChI is InChI=1S/C9H15N3O2S/c10-9-6-7(11-12-9)5-8-3-1-2-4-15(8,13)14/h6,8H,1-5H2,(H3,10,11,12). The Labute approximate surface area is 89.0 Å². The first-order valence-electron chi connectivity index (χ1n) is 5.09. The van der Waals surface area contributed by atoms with Crippen molar-refractivity contribution in [3.63, 3.8) is 0 Å². The summed E-state index contributed by atoms with van der Waals surface area (Å²) >= 11 is 0. The molecule has 1 aromatic heterocycles. The van der Waals surface area contributed by atoms with Crippen molar-refractivity contribution in [2.45, 2.75) is 30.9 Å². The number of nitrogens with two attached hydrogens (primary N) is 1. The molecule has 0 spiro atoms. The fourth-order valence-electron chi connectivity index (χ4n) is 1.98. The van der Waals surface area contributed by atoms with Crippen LogP contribution < -0.4 is 5.73 Å². The number of hydrogen-bond donors (Lipinski definition) is 2. The van der Waals surface area contributed by atoms with Gasteiger partial charge in [-0.05, 0) is 12.8 Å². The first-order chi connectivity index (χ1) is 7.08. The van der Waals surface area contributed by atoms with Gasteiger partial charge in [-0.3, -0.25) is 5.10 Å². The Morgan fingerprint density at radius 1 is 1.53 bits per heavy atom. The Hall–Kier alpha value is -1.04. The quantitative estimate of drug-likeness (QED) is 0.773. The fraction of sp³-hybridized carbons (Fsp3) is 0.667. The van der Waals surface area contributed by atoms with Crippen molar-refractivity contribution in [1.29, 1.82) is 0 Å². The Balaban J connectivity index is 2.11. The summed E-state index contributed by atoms with van der Waals surface area (Å²) in [5.74, 6) is 0.736. The third-order valence-electron chi connectivity index (χ3n) is 2.81. The van der Waals surface area contributed by atoms with E-state index < -0.39 is 9.84 Å². The van der Waals surface area contributed by atoms with Gasteiger partial charge in [-0.2, -0.15) is 5.10 Å². The van der Waals surface area contributed by atoms with E-state index in [4.69, 9.17) is 5.73 Å². The molecule has 0 radical (unpaired) electrons. The summed E-state index contributed by atoms with van der Waals surface area (Å²) < 4.78 is 23.5. The van der Waals surface area contributed by atoms with E-state index in [2.05, 4.69) is 10.2 Å². The lowest BCUT2D eigenvalue weighted by molar-refractivity contribution is 0.536. The van der Waals surface area contributed by atoms with Crippen molar-refractivity contribution in [2.75, 3.05) is 11.5 Å². The lowest BCUT2D eigenvalue weighted by Gasteiger charge is -2.21. The number of H-pyrrole nitrogens is 1. The number of hydrogen-bond acceptors (Lipinski definition) is 4. The maximum absolute atomic E-state index is 11.7. The summed E-state index contributed by atoms with van der Waals surface area (Å²) in [5.41, 5.74) is 6.27. The zero-order valence-electron chi connectivity index (χ0n) is 8.44. The lowest BCUT2D eigenvalue weighted by atomic mass is 10.1. The Kier molecular flexibility index (Phi) is 2.68. The minimum Gasteiger partial charge on any atom is -0.382 e. The zero-order valence-corrected chi connectivity index (χ0v) is 9.26. The van der Waals surface area contributed by atoms with Gasteiger partial charge in [0.25, 0.3) is 0 Å². The molecular weight excluding hydrogens is 214 g/mol. The lowest BCUT2D eigenvalue weighted by Crippen LogP contribution is -2.30. The van der Waals surface area contributed by atoms with Crippen LogP contribution in [0.4, 0.5) is 5.82 Å². The molecule has 0 aliphatic carbocycles. The van der Waals surface area contributed by atoms with Crippen LogP contribution in [-0.2, 0) is 16.3 Å². The molecule has 0 aromatic carbocycles. The third-order valence-corrected chi connectivity index (χ3v) is 5.09. The summed E-state index contributed by atoms with van der Waals surface area (Å²) in [7, 11) is -2.90. The van der Waals surface area contributed by atoms with E-state index in [0.717, 1.165) is 25.0 Å². The molecule has 1 aliphatic heterocycles. The van der Waals surface area contributed by atoms with Gasteiger partial charge in [0, 0.05) is 18.2 Å². The largest absolute Gasteiger partial charge is 0.382 e. The van der Waals surface area contributed by atoms with Crippen molar-refractivity contribution in [3.05, 3.63) is 11.8 Å². The number of nitrogen functional groups attached to an aromatic ring is 1. The van der Waals surface area contributed by atoms with E-state index in [0.29, 0.717) is 18.0 Å². The highest BCUT2D eigenvalue weighted by Crippen LogP contribution is 2.22. The van der Waals surface area contributed by atoms with E-state index in [1.165, 1.54) is 0 Å². The summed E-state index contributed by atoms with van der Waals surface area (Å²) in [4.78, 5) is 0. The average Bonchev–Trinajstić information content (AvgIpc) is 2.55. The molecule has 0 amide bonds. The molecule has 5 nitrogen and oxygen atoms in total. The van der Waals surface area contributed by atoms with E-state index in [9.17, 15) is 8.42 Å². The predicted molar refractivity (Wildman–Crippen MR) is 58.1 cm³/mol. The second-order valence-corrected chi connectivity index (χ2v) is 6.41. The molecule has 0 saturated carbocycles. The topological polar surface area (TPSA) is 88.8 Å². The van der Waals surface area contributed by atoms with Crippen LogP contribution >= 0.6 is 0 Å². The third kappa shape index (κ3) is 2.31. The number of sulfone groups is 1. The molecule has 15 heavy (non-hydrogen) atoms. The van der Waals surface area contributed by atoms with Crippen molar-refractivity contribution in [2.24, 2.45) is 0 Å². The van der Waals surface area contributed by atoms with Gasteiger partial charge in [-0.1, -0.05) is 6.42 Å². The van der Waals surface area contributed by atoms with Crippen LogP contribution in [0.25, 0.3) is 0 Å². The van der Waals surface area contributed by atoms with Gasteiger partial charge < -0.3 is 5.73 Å². The second-order valence-electron chi connectivity index (χ2n) is 4.01. The number of nitrogens with one attached hydrogen (secondary N) is 1. The number of aromatic amines is 1. The molecule has 3 N–H and O–H groups in total. The number of anilines is 1. The van der Waals surface area contributed by atoms with Crippen LogP contribution in [-0.4, -0.2) is 29.6 Å². The highest BCUT2D eigenvalue weighted by Gasteiger charge is 2.29. The maximum atomic E-state index is 11.7. The van der Waals surface area contributed by atoms with Crippen LogP contribution in [0.15, 0.2) is 6.07 Å². The molecule has 6 heteroatoms. The van der Waals surface area contributed by atoms with Gasteiger partial charge >= 0.3 is 0 Å². The van der Waals surface area contributed by atoms with E-state index >= 15 is 0 Å². The first kappa shape index (κ1) is 10.5. The number of nitrogens with zero attached hydrogens (tertiary/aromatic N) is 1. The van der Waals surface area contributed by atoms with Gasteiger partial charge in [0.05, 0.1) is 11.0 Å². The highest BCUT2D eigenvalue weighted by molar-refractivity contribution is 7.92. The number of rotatable bonds is 2. The van der Waals surface area contributed by atoms with Crippen molar-refractivity contribution in [1.82, 2.24) is 10.2 Å². The Bertz CT molecular complexity index is 438. The molecule has 84 valence electrons. The van der Waals surface area contributed by atoms with Gasteiger partial charge in [0.15, 0.2) is 9.84 Å². The van der Waals surface area contributed by atoms with Gasteiger partial charge in [-0.25, -0.2) is 8.42 Å². The van der Waals surface area contributed by atoms with Crippen LogP contribution in [0.2, 0.25) is 0 Å². The first-order valence-corrected chi connectivity index (χ1v) is 6.81. The molecule has 2 rings (SSSR count). The van der Waals surface area contributed by atoms with Crippen LogP contribution in [0.1, 0.15) is 25.0 Å². The number of aromatic nitrogens is 2. The van der Waals surface area contributed by atoms with Crippen molar-refractivity contribution < 1.29 is 8.42 Å². The molecule has 2 heterocycles. The van der Waals surface area contributed by atoms with E-state index in [-0.39, 0.29) is 5.25 Å². The monoisotopic (exact) mass is 229 g/mol. The van der Waals surface area contributed by atoms with Gasteiger partial charge in [-0.15, -0.1) is 0 Å². The van der Waals surface area contributed by atoms with E-state index in [1.54, 1.807) is 6.07 Å². The normalized spacial score (nSPS) is 25.2. The van der Waals surface area contributed by atoms with E-state index in [1.807, 2.05) is 0 Å². The summed E-state index contributed by atoms with van der Waals surface area (Å²) in [6, 6.07) is 1.70.